The predicted octanol–water partition coefficient (Wildman–Crippen LogP) is 18.9. The van der Waals surface area contributed by atoms with Gasteiger partial charge in [0.15, 0.2) is 0 Å². The summed E-state index contributed by atoms with van der Waals surface area (Å²) in [6.07, 6.45) is 6.18. The van der Waals surface area contributed by atoms with E-state index in [1.54, 1.807) is 17.4 Å². The molecule has 7 heteroatoms. The molecule has 3 heterocycles. The number of rotatable bonds is 10. The molecule has 1 fully saturated rings. The summed E-state index contributed by atoms with van der Waals surface area (Å²) in [6.45, 7) is 6.83. The van der Waals surface area contributed by atoms with E-state index in [1.165, 1.54) is 18.1 Å². The minimum absolute atomic E-state index is 0. The van der Waals surface area contributed by atoms with Crippen LogP contribution in [0.1, 0.15) is 40.4 Å². The average Bonchev–Trinajstić information content (AvgIpc) is 4.28. The van der Waals surface area contributed by atoms with E-state index in [0.29, 0.717) is 5.56 Å². The van der Waals surface area contributed by atoms with Crippen LogP contribution in [0.25, 0.3) is 104 Å². The van der Waals surface area contributed by atoms with Crippen LogP contribution in [-0.2, 0) is 26.5 Å². The summed E-state index contributed by atoms with van der Waals surface area (Å²) in [5, 5.41) is 3.42. The van der Waals surface area contributed by atoms with Crippen molar-refractivity contribution in [1.82, 2.24) is 14.5 Å². The van der Waals surface area contributed by atoms with Crippen molar-refractivity contribution >= 4 is 55.8 Å². The van der Waals surface area contributed by atoms with E-state index in [9.17, 15) is 0 Å². The number of halogens is 1. The van der Waals surface area contributed by atoms with Gasteiger partial charge >= 0.3 is 0 Å². The van der Waals surface area contributed by atoms with Crippen molar-refractivity contribution in [3.05, 3.63) is 242 Å². The van der Waals surface area contributed by atoms with Gasteiger partial charge in [0, 0.05) is 50.6 Å². The first kappa shape index (κ1) is 49.2. The molecule has 381 valence electrons. The molecule has 0 aliphatic heterocycles. The zero-order valence-corrected chi connectivity index (χ0v) is 47.6. The van der Waals surface area contributed by atoms with Gasteiger partial charge in [-0.05, 0) is 91.9 Å². The molecule has 1 aliphatic rings. The van der Waals surface area contributed by atoms with E-state index in [4.69, 9.17) is 7.73 Å². The Hall–Kier alpha value is -7.38. The van der Waals surface area contributed by atoms with Crippen molar-refractivity contribution in [1.29, 1.82) is 0 Å². The first-order valence-corrected chi connectivity index (χ1v) is 30.8. The van der Waals surface area contributed by atoms with Gasteiger partial charge in [-0.15, -0.1) is 48.0 Å². The minimum atomic E-state index is -1.69. The first-order valence-electron chi connectivity index (χ1n) is 27.4. The van der Waals surface area contributed by atoms with Crippen LogP contribution in [0, 0.1) is 23.9 Å². The van der Waals surface area contributed by atoms with E-state index in [2.05, 4.69) is 181 Å². The number of para-hydroxylation sites is 2. The molecule has 1 radical (unpaired) electrons. The zero-order valence-electron chi connectivity index (χ0n) is 45.4. The maximum atomic E-state index is 15.0. The van der Waals surface area contributed by atoms with Crippen LogP contribution >= 0.6 is 11.3 Å². The molecule has 0 spiro atoms. The number of benzene rings is 9. The molecule has 9 aromatic carbocycles. The van der Waals surface area contributed by atoms with Gasteiger partial charge in [0.1, 0.15) is 5.82 Å². The van der Waals surface area contributed by atoms with Crippen LogP contribution in [0.2, 0.25) is 19.6 Å². The van der Waals surface area contributed by atoms with Gasteiger partial charge in [-0.3, -0.25) is 4.98 Å². The molecule has 1 saturated carbocycles. The van der Waals surface area contributed by atoms with Gasteiger partial charge in [0.2, 0.25) is 0 Å². The number of imidazole rings is 1. The van der Waals surface area contributed by atoms with Crippen molar-refractivity contribution in [3.8, 4) is 72.8 Å². The summed E-state index contributed by atoms with van der Waals surface area (Å²) in [5.74, 6) is 0.709. The van der Waals surface area contributed by atoms with E-state index >= 15 is 4.39 Å². The van der Waals surface area contributed by atoms with E-state index < -0.39 is 14.4 Å². The molecular weight excluding hydrogens is 1150 g/mol. The largest absolute Gasteiger partial charge is 0.333 e. The molecule has 1 aliphatic carbocycles. The Kier molecular flexibility index (Phi) is 14.5. The molecule has 12 aromatic rings. The first-order chi connectivity index (χ1) is 38.0. The maximum absolute atomic E-state index is 15.0. The van der Waals surface area contributed by atoms with Crippen LogP contribution in [0.15, 0.2) is 219 Å². The van der Waals surface area contributed by atoms with Gasteiger partial charge in [-0.2, -0.15) is 11.3 Å². The molecule has 0 N–H and O–H groups in total. The van der Waals surface area contributed by atoms with Gasteiger partial charge in [-0.25, -0.2) is 4.39 Å². The summed E-state index contributed by atoms with van der Waals surface area (Å²) < 4.78 is 37.5. The van der Waals surface area contributed by atoms with Gasteiger partial charge in [-0.1, -0.05) is 225 Å². The topological polar surface area (TPSA) is 30.7 Å². The Morgan fingerprint density at radius 2 is 1.30 bits per heavy atom. The summed E-state index contributed by atoms with van der Waals surface area (Å²) in [5.41, 5.74) is 14.8. The molecule has 3 nitrogen and oxygen atoms in total. The summed E-state index contributed by atoms with van der Waals surface area (Å²) in [7, 11) is -1.69. The molecule has 0 amide bonds. The van der Waals surface area contributed by atoms with Crippen LogP contribution in [-0.4, -0.2) is 22.6 Å². The summed E-state index contributed by atoms with van der Waals surface area (Å²) in [4.78, 5) is 10.0. The fourth-order valence-corrected chi connectivity index (χ4v) is 13.5. The Balaban J connectivity index is 0.000000214. The molecular formula is C70H58FIrN3SSi-2. The van der Waals surface area contributed by atoms with Crippen LogP contribution in [0.5, 0.6) is 0 Å². The quantitative estimate of drug-likeness (QED) is 0.101. The fourth-order valence-electron chi connectivity index (χ4n) is 10.9. The third kappa shape index (κ3) is 10.7. The van der Waals surface area contributed by atoms with Crippen molar-refractivity contribution in [2.75, 3.05) is 0 Å². The fraction of sp³-hybridized carbons (Fsp3) is 0.143. The minimum Gasteiger partial charge on any atom is -0.333 e. The molecule has 0 saturated heterocycles. The van der Waals surface area contributed by atoms with Crippen LogP contribution < -0.4 is 5.19 Å². The number of hydrogen-bond acceptors (Lipinski definition) is 3. The monoisotopic (exact) mass is 1210 g/mol. The van der Waals surface area contributed by atoms with Gasteiger partial charge < -0.3 is 9.55 Å². The maximum Gasteiger partial charge on any atom is 0.131 e. The van der Waals surface area contributed by atoms with Gasteiger partial charge in [0.25, 0.3) is 0 Å². The number of hydrogen-bond donors (Lipinski definition) is 0. The number of aromatic nitrogens is 3. The van der Waals surface area contributed by atoms with Crippen molar-refractivity contribution in [2.45, 2.75) is 58.1 Å². The number of thiophene rings is 1. The zero-order chi connectivity index (χ0) is 53.4. The molecule has 77 heavy (non-hydrogen) atoms. The second kappa shape index (κ2) is 22.7. The van der Waals surface area contributed by atoms with E-state index in [1.807, 2.05) is 66.9 Å². The van der Waals surface area contributed by atoms with Crippen molar-refractivity contribution in [2.24, 2.45) is 5.92 Å². The summed E-state index contributed by atoms with van der Waals surface area (Å²) >= 11 is 1.71. The smallest absolute Gasteiger partial charge is 0.131 e. The van der Waals surface area contributed by atoms with Crippen LogP contribution in [0.4, 0.5) is 4.39 Å². The number of fused-ring (bicyclic) bond motifs is 4. The second-order valence-corrected chi connectivity index (χ2v) is 26.9. The molecule has 3 aromatic heterocycles. The standard InChI is InChI=1S/C49H30FN2S.C21H28NSi.Ir/c50-42-21-11-10-20-37(42)36-24-26-39-46(31-36)53-48-40(28-27-38(47(39)48)33-16-6-2-7-17-33)49-51-43-22-12-13-23-45(43)52(49)44-29-25-35(32-14-4-1-5-15-32)30-41(44)34-18-8-3-9-19-34;1-23(2,3)21-16-22-20(18-12-8-5-9-13-18)15-19(21)14-17-10-6-4-7-11-17;/h1-27,29-31H;5,8-9,12,15-17H,4,6-7,10-11,14H2,1-3H3;/q2*-1;/i;14D2;. The van der Waals surface area contributed by atoms with Crippen LogP contribution in [0.3, 0.4) is 0 Å². The molecule has 13 rings (SSSR count). The second-order valence-electron chi connectivity index (χ2n) is 20.8. The van der Waals surface area contributed by atoms with Crippen molar-refractivity contribution < 1.29 is 27.2 Å². The molecule has 0 bridgehead atoms. The molecule has 0 atom stereocenters. The predicted molar refractivity (Wildman–Crippen MR) is 322 cm³/mol. The Bertz CT molecular complexity index is 4100. The number of nitrogens with zero attached hydrogens (tertiary/aromatic N) is 3. The average molecular weight is 1210 g/mol. The third-order valence-corrected chi connectivity index (χ3v) is 17.9. The summed E-state index contributed by atoms with van der Waals surface area (Å²) in [6, 6.07) is 78.8. The van der Waals surface area contributed by atoms with Crippen molar-refractivity contribution in [3.63, 3.8) is 0 Å². The van der Waals surface area contributed by atoms with E-state index in [0.717, 1.165) is 129 Å². The van der Waals surface area contributed by atoms with Gasteiger partial charge in [0.05, 0.1) is 24.9 Å². The Labute approximate surface area is 473 Å². The third-order valence-electron chi connectivity index (χ3n) is 14.7. The Morgan fingerprint density at radius 1 is 0.636 bits per heavy atom. The normalized spacial score (nSPS) is 13.4. The van der Waals surface area contributed by atoms with E-state index in [-0.39, 0.29) is 31.8 Å². The SMILES string of the molecule is Fc1ccccc1-c1ccc2c(c1)sc1c(-c3nc4ccccc4n3-c3ccc(-c4ccccc4)cc3-c3ccccc3)[c-]cc(-c3ccccc3)c12.[2H]C([2H])(c1cc(-c2[c-]cccc2)ncc1[Si](C)(C)C)C1CCCCC1.[Ir]. The molecule has 0 unspecified atom stereocenters. The number of pyridine rings is 1. The Morgan fingerprint density at radius 3 is 2.01 bits per heavy atom.